The molecule has 0 aromatic carbocycles. The van der Waals surface area contributed by atoms with Crippen molar-refractivity contribution in [2.75, 3.05) is 31.1 Å². The molecule has 5 nitrogen and oxygen atoms in total. The summed E-state index contributed by atoms with van der Waals surface area (Å²) in [5, 5.41) is 5.56. The fourth-order valence-corrected chi connectivity index (χ4v) is 3.74. The Kier molecular flexibility index (Phi) is 3.48. The van der Waals surface area contributed by atoms with Crippen molar-refractivity contribution in [1.82, 2.24) is 20.3 Å². The predicted octanol–water partition coefficient (Wildman–Crippen LogP) is 2.47. The quantitative estimate of drug-likeness (QED) is 0.788. The van der Waals surface area contributed by atoms with Crippen LogP contribution in [0.15, 0.2) is 29.9 Å². The lowest BCUT2D eigenvalue weighted by Gasteiger charge is -2.29. The second kappa shape index (κ2) is 5.62. The zero-order valence-corrected chi connectivity index (χ0v) is 13.2. The third-order valence-corrected chi connectivity index (χ3v) is 5.01. The normalized spacial score (nSPS) is 15.4. The smallest absolute Gasteiger partial charge is 0.162 e. The van der Waals surface area contributed by atoms with Gasteiger partial charge in [0.15, 0.2) is 11.6 Å². The van der Waals surface area contributed by atoms with Gasteiger partial charge in [0, 0.05) is 44.1 Å². The maximum absolute atomic E-state index is 4.88. The number of rotatable bonds is 2. The molecule has 4 heterocycles. The van der Waals surface area contributed by atoms with Crippen LogP contribution in [0.4, 0.5) is 5.82 Å². The highest BCUT2D eigenvalue weighted by Gasteiger charge is 2.19. The SMILES string of the molecule is Cc1csc2c(N3CCNCC3)nc(-c3ccncc3)nc12. The van der Waals surface area contributed by atoms with Crippen LogP contribution >= 0.6 is 11.3 Å². The molecular weight excluding hydrogens is 294 g/mol. The molecule has 0 bridgehead atoms. The Morgan fingerprint density at radius 3 is 2.68 bits per heavy atom. The van der Waals surface area contributed by atoms with E-state index in [0.717, 1.165) is 48.9 Å². The van der Waals surface area contributed by atoms with Gasteiger partial charge in [-0.2, -0.15) is 0 Å². The van der Waals surface area contributed by atoms with Crippen LogP contribution in [-0.4, -0.2) is 41.1 Å². The molecule has 0 saturated carbocycles. The molecule has 0 spiro atoms. The van der Waals surface area contributed by atoms with Crippen LogP contribution in [0.3, 0.4) is 0 Å². The van der Waals surface area contributed by atoms with Gasteiger partial charge in [0.25, 0.3) is 0 Å². The van der Waals surface area contributed by atoms with Gasteiger partial charge in [-0.3, -0.25) is 4.98 Å². The molecule has 0 amide bonds. The second-order valence-electron chi connectivity index (χ2n) is 5.44. The Hall–Kier alpha value is -2.05. The first-order chi connectivity index (χ1) is 10.8. The third-order valence-electron chi connectivity index (χ3n) is 3.93. The van der Waals surface area contributed by atoms with Crippen LogP contribution in [0.2, 0.25) is 0 Å². The highest BCUT2D eigenvalue weighted by atomic mass is 32.1. The summed E-state index contributed by atoms with van der Waals surface area (Å²) in [5.74, 6) is 1.85. The number of hydrogen-bond donors (Lipinski definition) is 1. The summed E-state index contributed by atoms with van der Waals surface area (Å²) < 4.78 is 1.19. The van der Waals surface area contributed by atoms with Crippen LogP contribution in [-0.2, 0) is 0 Å². The van der Waals surface area contributed by atoms with Crippen molar-refractivity contribution in [1.29, 1.82) is 0 Å². The highest BCUT2D eigenvalue weighted by Crippen LogP contribution is 2.33. The molecule has 22 heavy (non-hydrogen) atoms. The standard InChI is InChI=1S/C16H17N5S/c1-11-10-22-14-13(11)19-15(12-2-4-17-5-3-12)20-16(14)21-8-6-18-7-9-21/h2-5,10,18H,6-9H2,1H3. The van der Waals surface area contributed by atoms with Gasteiger partial charge in [0.1, 0.15) is 0 Å². The van der Waals surface area contributed by atoms with Crippen molar-refractivity contribution in [3.05, 3.63) is 35.5 Å². The molecular formula is C16H17N5S. The first-order valence-electron chi connectivity index (χ1n) is 7.45. The van der Waals surface area contributed by atoms with Crippen molar-refractivity contribution < 1.29 is 0 Å². The van der Waals surface area contributed by atoms with E-state index in [1.165, 1.54) is 10.3 Å². The number of nitrogens with one attached hydrogen (secondary N) is 1. The molecule has 1 aliphatic heterocycles. The van der Waals surface area contributed by atoms with Crippen molar-refractivity contribution >= 4 is 27.4 Å². The molecule has 1 N–H and O–H groups in total. The zero-order valence-electron chi connectivity index (χ0n) is 12.4. The number of nitrogens with zero attached hydrogens (tertiary/aromatic N) is 4. The molecule has 3 aromatic heterocycles. The van der Waals surface area contributed by atoms with E-state index in [2.05, 4.69) is 27.5 Å². The van der Waals surface area contributed by atoms with Crippen molar-refractivity contribution in [3.63, 3.8) is 0 Å². The first-order valence-corrected chi connectivity index (χ1v) is 8.33. The summed E-state index contributed by atoms with van der Waals surface area (Å²) in [7, 11) is 0. The summed E-state index contributed by atoms with van der Waals surface area (Å²) >= 11 is 1.74. The van der Waals surface area contributed by atoms with E-state index in [1.807, 2.05) is 12.1 Å². The number of aryl methyl sites for hydroxylation is 1. The fourth-order valence-electron chi connectivity index (χ4n) is 2.74. The largest absolute Gasteiger partial charge is 0.353 e. The molecule has 3 aromatic rings. The summed E-state index contributed by atoms with van der Waals surface area (Å²) in [6.07, 6.45) is 3.57. The minimum atomic E-state index is 0.782. The molecule has 1 saturated heterocycles. The number of aromatic nitrogens is 3. The van der Waals surface area contributed by atoms with Crippen LogP contribution in [0.25, 0.3) is 21.6 Å². The highest BCUT2D eigenvalue weighted by molar-refractivity contribution is 7.18. The molecule has 6 heteroatoms. The molecule has 1 aliphatic rings. The van der Waals surface area contributed by atoms with Crippen LogP contribution in [0, 0.1) is 6.92 Å². The summed E-state index contributed by atoms with van der Waals surface area (Å²) in [5.41, 5.74) is 3.30. The van der Waals surface area contributed by atoms with E-state index in [-0.39, 0.29) is 0 Å². The van der Waals surface area contributed by atoms with E-state index in [4.69, 9.17) is 9.97 Å². The lowest BCUT2D eigenvalue weighted by Crippen LogP contribution is -2.44. The van der Waals surface area contributed by atoms with Gasteiger partial charge in [-0.1, -0.05) is 0 Å². The van der Waals surface area contributed by atoms with E-state index in [9.17, 15) is 0 Å². The third kappa shape index (κ3) is 2.34. The van der Waals surface area contributed by atoms with Crippen LogP contribution < -0.4 is 10.2 Å². The zero-order chi connectivity index (χ0) is 14.9. The predicted molar refractivity (Wildman–Crippen MR) is 90.5 cm³/mol. The molecule has 0 atom stereocenters. The van der Waals surface area contributed by atoms with Gasteiger partial charge < -0.3 is 10.2 Å². The van der Waals surface area contributed by atoms with E-state index in [0.29, 0.717) is 0 Å². The van der Waals surface area contributed by atoms with E-state index in [1.54, 1.807) is 23.7 Å². The van der Waals surface area contributed by atoms with E-state index >= 15 is 0 Å². The fraction of sp³-hybridized carbons (Fsp3) is 0.312. The molecule has 4 rings (SSSR count). The van der Waals surface area contributed by atoms with Crippen molar-refractivity contribution in [3.8, 4) is 11.4 Å². The summed E-state index contributed by atoms with van der Waals surface area (Å²) in [6.45, 7) is 6.09. The van der Waals surface area contributed by atoms with Crippen molar-refractivity contribution in [2.45, 2.75) is 6.92 Å². The molecule has 0 aliphatic carbocycles. The topological polar surface area (TPSA) is 53.9 Å². The molecule has 1 fully saturated rings. The maximum Gasteiger partial charge on any atom is 0.162 e. The lowest BCUT2D eigenvalue weighted by atomic mass is 10.2. The van der Waals surface area contributed by atoms with E-state index < -0.39 is 0 Å². The maximum atomic E-state index is 4.88. The Bertz CT molecular complexity index is 793. The number of fused-ring (bicyclic) bond motifs is 1. The van der Waals surface area contributed by atoms with Gasteiger partial charge in [-0.05, 0) is 30.0 Å². The second-order valence-corrected chi connectivity index (χ2v) is 6.32. The number of piperazine rings is 1. The first kappa shape index (κ1) is 13.6. The number of hydrogen-bond acceptors (Lipinski definition) is 6. The Labute approximate surface area is 133 Å². The Morgan fingerprint density at radius 1 is 1.14 bits per heavy atom. The van der Waals surface area contributed by atoms with Crippen molar-refractivity contribution in [2.24, 2.45) is 0 Å². The van der Waals surface area contributed by atoms with Gasteiger partial charge >= 0.3 is 0 Å². The molecule has 0 unspecified atom stereocenters. The number of anilines is 1. The lowest BCUT2D eigenvalue weighted by molar-refractivity contribution is 0.586. The van der Waals surface area contributed by atoms with Crippen LogP contribution in [0.1, 0.15) is 5.56 Å². The average molecular weight is 311 g/mol. The van der Waals surface area contributed by atoms with Gasteiger partial charge in [0.05, 0.1) is 10.2 Å². The van der Waals surface area contributed by atoms with Crippen LogP contribution in [0.5, 0.6) is 0 Å². The molecule has 0 radical (unpaired) electrons. The number of pyridine rings is 1. The Balaban J connectivity index is 1.90. The van der Waals surface area contributed by atoms with Gasteiger partial charge in [0.2, 0.25) is 0 Å². The van der Waals surface area contributed by atoms with Gasteiger partial charge in [-0.15, -0.1) is 11.3 Å². The average Bonchev–Trinajstić information content (AvgIpc) is 2.97. The molecule has 112 valence electrons. The van der Waals surface area contributed by atoms with Gasteiger partial charge in [-0.25, -0.2) is 9.97 Å². The summed E-state index contributed by atoms with van der Waals surface area (Å²) in [6, 6.07) is 3.93. The number of thiophene rings is 1. The summed E-state index contributed by atoms with van der Waals surface area (Å²) in [4.78, 5) is 16.1. The minimum Gasteiger partial charge on any atom is -0.353 e. The Morgan fingerprint density at radius 2 is 1.91 bits per heavy atom. The monoisotopic (exact) mass is 311 g/mol. The minimum absolute atomic E-state index is 0.782.